The van der Waals surface area contributed by atoms with Gasteiger partial charge in [-0.2, -0.15) is 9.78 Å². The van der Waals surface area contributed by atoms with Crippen LogP contribution < -0.4 is 15.0 Å². The van der Waals surface area contributed by atoms with Crippen LogP contribution >= 0.6 is 38.5 Å². The van der Waals surface area contributed by atoms with E-state index in [-0.39, 0.29) is 12.2 Å². The zero-order valence-electron chi connectivity index (χ0n) is 17.6. The fourth-order valence-electron chi connectivity index (χ4n) is 2.93. The molecule has 1 aromatic heterocycles. The van der Waals surface area contributed by atoms with Gasteiger partial charge in [-0.25, -0.2) is 4.98 Å². The van der Waals surface area contributed by atoms with E-state index in [1.807, 2.05) is 39.0 Å². The summed E-state index contributed by atoms with van der Waals surface area (Å²) in [5.74, 6) is 4.12. The van der Waals surface area contributed by atoms with Gasteiger partial charge in [-0.3, -0.25) is 4.79 Å². The smallest absolute Gasteiger partial charge is 0.282 e. The van der Waals surface area contributed by atoms with Crippen LogP contribution in [0.4, 0.5) is 0 Å². The summed E-state index contributed by atoms with van der Waals surface area (Å²) in [6, 6.07) is 9.11. The number of benzene rings is 2. The molecule has 0 aliphatic carbocycles. The fraction of sp³-hybridized carbons (Fsp3) is 0.261. The molecule has 0 saturated heterocycles. The molecule has 0 radical (unpaired) electrons. The normalized spacial score (nSPS) is 11.6. The Balaban J connectivity index is 2.15. The number of fused-ring (bicyclic) bond motifs is 1. The Morgan fingerprint density at radius 2 is 2.06 bits per heavy atom. The summed E-state index contributed by atoms with van der Waals surface area (Å²) in [6.45, 7) is 6.13. The van der Waals surface area contributed by atoms with Gasteiger partial charge >= 0.3 is 0 Å². The third kappa shape index (κ3) is 5.10. The van der Waals surface area contributed by atoms with Crippen molar-refractivity contribution in [3.05, 3.63) is 60.1 Å². The topological polar surface area (TPSA) is 65.7 Å². The molecule has 3 aromatic rings. The molecule has 0 bridgehead atoms. The van der Waals surface area contributed by atoms with E-state index in [2.05, 4.69) is 49.5 Å². The van der Waals surface area contributed by atoms with Gasteiger partial charge in [-0.05, 0) is 58.5 Å². The maximum absolute atomic E-state index is 13.3. The van der Waals surface area contributed by atoms with Crippen molar-refractivity contribution in [3.8, 4) is 23.8 Å². The number of methoxy groups -OCH3 is 1. The van der Waals surface area contributed by atoms with E-state index in [9.17, 15) is 4.79 Å². The predicted molar refractivity (Wildman–Crippen MR) is 135 cm³/mol. The Morgan fingerprint density at radius 1 is 1.32 bits per heavy atom. The average molecular weight is 594 g/mol. The van der Waals surface area contributed by atoms with Crippen LogP contribution in [0, 0.1) is 15.9 Å². The van der Waals surface area contributed by atoms with Gasteiger partial charge in [0.25, 0.3) is 5.56 Å². The van der Waals surface area contributed by atoms with E-state index in [0.717, 1.165) is 13.6 Å². The number of terminal acetylenes is 1. The summed E-state index contributed by atoms with van der Waals surface area (Å²) in [4.78, 5) is 18.0. The molecule has 0 unspecified atom stereocenters. The summed E-state index contributed by atoms with van der Waals surface area (Å²) in [5.41, 5.74) is 0.755. The molecule has 1 heterocycles. The van der Waals surface area contributed by atoms with E-state index < -0.39 is 5.41 Å². The highest BCUT2D eigenvalue weighted by Gasteiger charge is 2.23. The maximum Gasteiger partial charge on any atom is 0.282 e. The molecule has 8 heteroatoms. The maximum atomic E-state index is 13.3. The molecule has 0 fully saturated rings. The van der Waals surface area contributed by atoms with Crippen LogP contribution in [0.3, 0.4) is 0 Å². The van der Waals surface area contributed by atoms with Gasteiger partial charge in [-0.15, -0.1) is 6.42 Å². The van der Waals surface area contributed by atoms with Crippen LogP contribution in [0.1, 0.15) is 32.2 Å². The minimum Gasteiger partial charge on any atom is -0.493 e. The lowest BCUT2D eigenvalue weighted by Gasteiger charge is -2.21. The summed E-state index contributed by atoms with van der Waals surface area (Å²) in [6.07, 6.45) is 6.90. The van der Waals surface area contributed by atoms with Crippen molar-refractivity contribution in [1.29, 1.82) is 0 Å². The van der Waals surface area contributed by atoms with E-state index in [0.29, 0.717) is 28.2 Å². The Bertz CT molecular complexity index is 1270. The first kappa shape index (κ1) is 23.3. The molecule has 0 amide bonds. The third-order valence-corrected chi connectivity index (χ3v) is 5.65. The number of hydrogen-bond donors (Lipinski definition) is 0. The number of halogens is 2. The Kier molecular flexibility index (Phi) is 7.06. The van der Waals surface area contributed by atoms with Crippen molar-refractivity contribution in [2.75, 3.05) is 13.7 Å². The number of ether oxygens (including phenoxy) is 2. The van der Waals surface area contributed by atoms with Crippen molar-refractivity contribution >= 4 is 55.6 Å². The number of aromatic nitrogens is 2. The second-order valence-electron chi connectivity index (χ2n) is 7.74. The molecule has 3 rings (SSSR count). The lowest BCUT2D eigenvalue weighted by molar-refractivity contribution is 0.328. The molecular formula is C23H21BrIN3O3. The van der Waals surface area contributed by atoms with Crippen molar-refractivity contribution in [3.63, 3.8) is 0 Å². The fourth-order valence-corrected chi connectivity index (χ4v) is 4.08. The van der Waals surface area contributed by atoms with Crippen LogP contribution in [0.2, 0.25) is 0 Å². The molecule has 0 spiro atoms. The average Bonchev–Trinajstić information content (AvgIpc) is 2.71. The zero-order valence-corrected chi connectivity index (χ0v) is 21.3. The molecule has 0 atom stereocenters. The molecule has 2 aromatic carbocycles. The van der Waals surface area contributed by atoms with Crippen LogP contribution in [-0.2, 0) is 5.41 Å². The first-order chi connectivity index (χ1) is 14.7. The SMILES string of the molecule is C#CCOc1c(I)cc(C=Nn2c(C(C)(C)C)nc3ccc(Br)cc3c2=O)cc1OC. The first-order valence-electron chi connectivity index (χ1n) is 9.36. The summed E-state index contributed by atoms with van der Waals surface area (Å²) < 4.78 is 14.0. The van der Waals surface area contributed by atoms with Gasteiger partial charge in [0.15, 0.2) is 11.5 Å². The molecule has 0 aliphatic heterocycles. The monoisotopic (exact) mass is 593 g/mol. The highest BCUT2D eigenvalue weighted by molar-refractivity contribution is 14.1. The quantitative estimate of drug-likeness (QED) is 0.238. The lowest BCUT2D eigenvalue weighted by atomic mass is 9.95. The van der Waals surface area contributed by atoms with Gasteiger partial charge in [0.1, 0.15) is 12.4 Å². The molecule has 0 aliphatic rings. The Labute approximate surface area is 202 Å². The van der Waals surface area contributed by atoms with Gasteiger partial charge in [-0.1, -0.05) is 42.6 Å². The van der Waals surface area contributed by atoms with Crippen LogP contribution in [0.25, 0.3) is 10.9 Å². The number of hydrogen-bond acceptors (Lipinski definition) is 5. The summed E-state index contributed by atoms with van der Waals surface area (Å²) >= 11 is 5.57. The molecule has 160 valence electrons. The van der Waals surface area contributed by atoms with Crippen LogP contribution in [0.15, 0.2) is 44.7 Å². The van der Waals surface area contributed by atoms with E-state index in [1.165, 1.54) is 4.68 Å². The summed E-state index contributed by atoms with van der Waals surface area (Å²) in [7, 11) is 1.56. The van der Waals surface area contributed by atoms with Crippen molar-refractivity contribution in [2.24, 2.45) is 5.10 Å². The van der Waals surface area contributed by atoms with E-state index in [1.54, 1.807) is 25.5 Å². The van der Waals surface area contributed by atoms with Gasteiger partial charge in [0, 0.05) is 9.89 Å². The van der Waals surface area contributed by atoms with Gasteiger partial charge in [0.05, 0.1) is 27.8 Å². The molecular weight excluding hydrogens is 573 g/mol. The molecule has 0 N–H and O–H groups in total. The number of nitrogens with zero attached hydrogens (tertiary/aromatic N) is 3. The minimum absolute atomic E-state index is 0.141. The van der Waals surface area contributed by atoms with Crippen LogP contribution in [0.5, 0.6) is 11.5 Å². The highest BCUT2D eigenvalue weighted by Crippen LogP contribution is 2.33. The lowest BCUT2D eigenvalue weighted by Crippen LogP contribution is -2.29. The summed E-state index contributed by atoms with van der Waals surface area (Å²) in [5, 5.41) is 4.99. The van der Waals surface area contributed by atoms with Gasteiger partial charge in [0.2, 0.25) is 0 Å². The standard InChI is InChI=1S/C23H21BrIN3O3/c1-6-9-31-20-17(25)10-14(11-19(20)30-5)13-26-28-21(29)16-12-15(24)7-8-18(16)27-22(28)23(2,3)4/h1,7-8,10-13H,9H2,2-5H3. The van der Waals surface area contributed by atoms with Crippen molar-refractivity contribution < 1.29 is 9.47 Å². The molecule has 0 saturated carbocycles. The largest absolute Gasteiger partial charge is 0.493 e. The van der Waals surface area contributed by atoms with E-state index >= 15 is 0 Å². The highest BCUT2D eigenvalue weighted by atomic mass is 127. The van der Waals surface area contributed by atoms with Crippen molar-refractivity contribution in [2.45, 2.75) is 26.2 Å². The second kappa shape index (κ2) is 9.40. The number of rotatable bonds is 5. The van der Waals surface area contributed by atoms with E-state index in [4.69, 9.17) is 20.9 Å². The second-order valence-corrected chi connectivity index (χ2v) is 9.81. The first-order valence-corrected chi connectivity index (χ1v) is 11.2. The van der Waals surface area contributed by atoms with Crippen LogP contribution in [-0.4, -0.2) is 29.6 Å². The Hall–Kier alpha value is -2.38. The van der Waals surface area contributed by atoms with Gasteiger partial charge < -0.3 is 9.47 Å². The minimum atomic E-state index is -0.392. The molecule has 6 nitrogen and oxygen atoms in total. The van der Waals surface area contributed by atoms with Crippen molar-refractivity contribution in [1.82, 2.24) is 9.66 Å². The predicted octanol–water partition coefficient (Wildman–Crippen LogP) is 4.96. The third-order valence-electron chi connectivity index (χ3n) is 4.35. The Morgan fingerprint density at radius 3 is 2.71 bits per heavy atom. The zero-order chi connectivity index (χ0) is 22.8. The molecule has 31 heavy (non-hydrogen) atoms.